The molecule has 0 aliphatic rings. The first-order valence-electron chi connectivity index (χ1n) is 6.14. The van der Waals surface area contributed by atoms with E-state index in [0.29, 0.717) is 0 Å². The van der Waals surface area contributed by atoms with E-state index in [0.717, 1.165) is 13.0 Å². The molecule has 0 saturated heterocycles. The minimum absolute atomic E-state index is 0.838. The summed E-state index contributed by atoms with van der Waals surface area (Å²) in [5, 5.41) is 0. The molecule has 1 heteroatoms. The van der Waals surface area contributed by atoms with E-state index in [4.69, 9.17) is 5.73 Å². The van der Waals surface area contributed by atoms with E-state index in [2.05, 4.69) is 31.2 Å². The maximum atomic E-state index is 5.45. The molecule has 1 nitrogen and oxygen atoms in total. The minimum atomic E-state index is 0.838. The number of hydrogen-bond donors (Lipinski definition) is 1. The second-order valence-corrected chi connectivity index (χ2v) is 4.12. The number of unbranched alkanes of at least 4 members (excludes halogenated alkanes) is 3. The standard InChI is InChI=1S/C14H23N/c1-2-13-8-10-14(11-9-13)7-5-3-4-6-12-15/h8-11H,2-7,12,15H2,1H3. The highest BCUT2D eigenvalue weighted by Crippen LogP contribution is 2.09. The van der Waals surface area contributed by atoms with Gasteiger partial charge in [-0.1, -0.05) is 44.0 Å². The summed E-state index contributed by atoms with van der Waals surface area (Å²) < 4.78 is 0. The Morgan fingerprint density at radius 3 is 2.07 bits per heavy atom. The normalized spacial score (nSPS) is 10.5. The van der Waals surface area contributed by atoms with Crippen molar-refractivity contribution in [3.05, 3.63) is 35.4 Å². The van der Waals surface area contributed by atoms with E-state index in [9.17, 15) is 0 Å². The zero-order valence-corrected chi connectivity index (χ0v) is 9.84. The first-order chi connectivity index (χ1) is 7.36. The van der Waals surface area contributed by atoms with Crippen LogP contribution in [-0.2, 0) is 12.8 Å². The highest BCUT2D eigenvalue weighted by Gasteiger charge is 1.94. The molecular formula is C14H23N. The van der Waals surface area contributed by atoms with Crippen LogP contribution in [0.25, 0.3) is 0 Å². The summed E-state index contributed by atoms with van der Waals surface area (Å²) in [5.74, 6) is 0. The lowest BCUT2D eigenvalue weighted by Crippen LogP contribution is -1.97. The highest BCUT2D eigenvalue weighted by atomic mass is 14.5. The molecule has 0 spiro atoms. The van der Waals surface area contributed by atoms with Crippen molar-refractivity contribution < 1.29 is 0 Å². The summed E-state index contributed by atoms with van der Waals surface area (Å²) in [6.45, 7) is 3.03. The SMILES string of the molecule is CCc1ccc(CCCCCCN)cc1. The monoisotopic (exact) mass is 205 g/mol. The summed E-state index contributed by atoms with van der Waals surface area (Å²) in [6.07, 6.45) is 7.42. The zero-order valence-electron chi connectivity index (χ0n) is 9.84. The van der Waals surface area contributed by atoms with Crippen LogP contribution in [0.15, 0.2) is 24.3 Å². The Bertz CT molecular complexity index is 251. The van der Waals surface area contributed by atoms with Crippen LogP contribution >= 0.6 is 0 Å². The van der Waals surface area contributed by atoms with Gasteiger partial charge in [0.15, 0.2) is 0 Å². The molecule has 0 atom stereocenters. The van der Waals surface area contributed by atoms with Crippen LogP contribution in [-0.4, -0.2) is 6.54 Å². The van der Waals surface area contributed by atoms with E-state index < -0.39 is 0 Å². The van der Waals surface area contributed by atoms with Gasteiger partial charge in [0, 0.05) is 0 Å². The van der Waals surface area contributed by atoms with Crippen LogP contribution in [0, 0.1) is 0 Å². The Hall–Kier alpha value is -0.820. The van der Waals surface area contributed by atoms with Crippen molar-refractivity contribution in [1.82, 2.24) is 0 Å². The fraction of sp³-hybridized carbons (Fsp3) is 0.571. The second-order valence-electron chi connectivity index (χ2n) is 4.12. The van der Waals surface area contributed by atoms with Gasteiger partial charge in [-0.3, -0.25) is 0 Å². The lowest BCUT2D eigenvalue weighted by Gasteiger charge is -2.02. The molecule has 0 heterocycles. The van der Waals surface area contributed by atoms with Crippen molar-refractivity contribution in [1.29, 1.82) is 0 Å². The van der Waals surface area contributed by atoms with E-state index in [1.165, 1.54) is 43.2 Å². The van der Waals surface area contributed by atoms with Gasteiger partial charge in [-0.2, -0.15) is 0 Å². The third-order valence-corrected chi connectivity index (χ3v) is 2.85. The van der Waals surface area contributed by atoms with E-state index >= 15 is 0 Å². The molecule has 1 rings (SSSR count). The largest absolute Gasteiger partial charge is 0.330 e. The van der Waals surface area contributed by atoms with Crippen LogP contribution in [0.2, 0.25) is 0 Å². The van der Waals surface area contributed by atoms with E-state index in [-0.39, 0.29) is 0 Å². The molecule has 1 aromatic carbocycles. The van der Waals surface area contributed by atoms with Gasteiger partial charge in [0.25, 0.3) is 0 Å². The molecule has 0 bridgehead atoms. The summed E-state index contributed by atoms with van der Waals surface area (Å²) in [5.41, 5.74) is 8.36. The molecule has 0 fully saturated rings. The van der Waals surface area contributed by atoms with E-state index in [1.807, 2.05) is 0 Å². The van der Waals surface area contributed by atoms with Crippen LogP contribution in [0.4, 0.5) is 0 Å². The molecule has 15 heavy (non-hydrogen) atoms. The Morgan fingerprint density at radius 1 is 0.867 bits per heavy atom. The third kappa shape index (κ3) is 4.98. The van der Waals surface area contributed by atoms with Crippen molar-refractivity contribution in [2.75, 3.05) is 6.54 Å². The average Bonchev–Trinajstić information content (AvgIpc) is 2.30. The molecule has 0 aromatic heterocycles. The predicted octanol–water partition coefficient (Wildman–Crippen LogP) is 3.31. The molecule has 1 aromatic rings. The van der Waals surface area contributed by atoms with Gasteiger partial charge in [0.05, 0.1) is 0 Å². The van der Waals surface area contributed by atoms with Crippen LogP contribution < -0.4 is 5.73 Å². The number of benzene rings is 1. The third-order valence-electron chi connectivity index (χ3n) is 2.85. The maximum Gasteiger partial charge on any atom is -0.00773 e. The van der Waals surface area contributed by atoms with Crippen LogP contribution in [0.3, 0.4) is 0 Å². The first-order valence-corrected chi connectivity index (χ1v) is 6.14. The zero-order chi connectivity index (χ0) is 10.9. The number of rotatable bonds is 7. The molecule has 0 aliphatic carbocycles. The van der Waals surface area contributed by atoms with Crippen molar-refractivity contribution in [2.24, 2.45) is 5.73 Å². The Kier molecular flexibility index (Phi) is 6.10. The maximum absolute atomic E-state index is 5.45. The van der Waals surface area contributed by atoms with E-state index in [1.54, 1.807) is 0 Å². The van der Waals surface area contributed by atoms with Gasteiger partial charge in [0.2, 0.25) is 0 Å². The van der Waals surface area contributed by atoms with Crippen molar-refractivity contribution in [3.63, 3.8) is 0 Å². The van der Waals surface area contributed by atoms with Crippen molar-refractivity contribution >= 4 is 0 Å². The van der Waals surface area contributed by atoms with Crippen molar-refractivity contribution in [3.8, 4) is 0 Å². The fourth-order valence-electron chi connectivity index (χ4n) is 1.77. The Balaban J connectivity index is 2.20. The molecule has 2 N–H and O–H groups in total. The quantitative estimate of drug-likeness (QED) is 0.679. The van der Waals surface area contributed by atoms with Crippen LogP contribution in [0.5, 0.6) is 0 Å². The Labute approximate surface area is 93.7 Å². The molecular weight excluding hydrogens is 182 g/mol. The van der Waals surface area contributed by atoms with Gasteiger partial charge in [-0.15, -0.1) is 0 Å². The van der Waals surface area contributed by atoms with Gasteiger partial charge in [-0.05, 0) is 43.4 Å². The minimum Gasteiger partial charge on any atom is -0.330 e. The number of hydrogen-bond acceptors (Lipinski definition) is 1. The van der Waals surface area contributed by atoms with Crippen molar-refractivity contribution in [2.45, 2.75) is 45.4 Å². The van der Waals surface area contributed by atoms with Gasteiger partial charge < -0.3 is 5.73 Å². The average molecular weight is 205 g/mol. The second kappa shape index (κ2) is 7.47. The van der Waals surface area contributed by atoms with Crippen LogP contribution in [0.1, 0.15) is 43.7 Å². The highest BCUT2D eigenvalue weighted by molar-refractivity contribution is 5.22. The molecule has 84 valence electrons. The topological polar surface area (TPSA) is 26.0 Å². The summed E-state index contributed by atoms with van der Waals surface area (Å²) >= 11 is 0. The van der Waals surface area contributed by atoms with Gasteiger partial charge >= 0.3 is 0 Å². The molecule has 0 radical (unpaired) electrons. The fourth-order valence-corrected chi connectivity index (χ4v) is 1.77. The molecule has 0 saturated carbocycles. The Morgan fingerprint density at radius 2 is 1.47 bits per heavy atom. The number of nitrogens with two attached hydrogens (primary N) is 1. The number of aryl methyl sites for hydroxylation is 2. The van der Waals surface area contributed by atoms with Gasteiger partial charge in [0.1, 0.15) is 0 Å². The van der Waals surface area contributed by atoms with Gasteiger partial charge in [-0.25, -0.2) is 0 Å². The first kappa shape index (κ1) is 12.3. The summed E-state index contributed by atoms with van der Waals surface area (Å²) in [7, 11) is 0. The summed E-state index contributed by atoms with van der Waals surface area (Å²) in [4.78, 5) is 0. The smallest absolute Gasteiger partial charge is 0.00773 e. The molecule has 0 amide bonds. The predicted molar refractivity (Wildman–Crippen MR) is 67.0 cm³/mol. The lowest BCUT2D eigenvalue weighted by molar-refractivity contribution is 0.646. The molecule has 0 aliphatic heterocycles. The lowest BCUT2D eigenvalue weighted by atomic mass is 10.0. The summed E-state index contributed by atoms with van der Waals surface area (Å²) in [6, 6.07) is 9.02. The molecule has 0 unspecified atom stereocenters.